The van der Waals surface area contributed by atoms with Crippen LogP contribution in [0, 0.1) is 0 Å². The average molecular weight is 279 g/mol. The molecule has 6 heteroatoms. The van der Waals surface area contributed by atoms with Crippen LogP contribution >= 0.6 is 34.8 Å². The van der Waals surface area contributed by atoms with Crippen LogP contribution in [0.15, 0.2) is 0 Å². The molecule has 0 aromatic carbocycles. The van der Waals surface area contributed by atoms with Gasteiger partial charge < -0.3 is 0 Å². The quantitative estimate of drug-likeness (QED) is 0.602. The van der Waals surface area contributed by atoms with E-state index in [1.54, 1.807) is 0 Å². The van der Waals surface area contributed by atoms with E-state index in [4.69, 9.17) is 34.8 Å². The van der Waals surface area contributed by atoms with Crippen molar-refractivity contribution in [2.24, 2.45) is 0 Å². The van der Waals surface area contributed by atoms with Crippen molar-refractivity contribution < 1.29 is 7.65 Å². The summed E-state index contributed by atoms with van der Waals surface area (Å²) < 4.78 is 2.41. The predicted octanol–water partition coefficient (Wildman–Crippen LogP) is 0.448. The molecular formula is C2H2Cl3InO2. The van der Waals surface area contributed by atoms with Crippen LogP contribution in [0.25, 0.3) is 0 Å². The van der Waals surface area contributed by atoms with Gasteiger partial charge in [-0.05, 0) is 0 Å². The third kappa shape index (κ3) is 3.28. The van der Waals surface area contributed by atoms with Crippen LogP contribution in [0.4, 0.5) is 0 Å². The minimum absolute atomic E-state index is 0.206. The number of carbonyl (C=O) groups is 1. The summed E-state index contributed by atoms with van der Waals surface area (Å²) in [7, 11) is 0. The molecule has 0 aliphatic heterocycles. The summed E-state index contributed by atoms with van der Waals surface area (Å²) in [6, 6.07) is 0. The Morgan fingerprint density at radius 3 is 1.88 bits per heavy atom. The van der Waals surface area contributed by atoms with Gasteiger partial charge in [-0.1, -0.05) is 0 Å². The summed E-state index contributed by atoms with van der Waals surface area (Å²) in [5.41, 5.74) is 0. The molecule has 0 spiro atoms. The van der Waals surface area contributed by atoms with Gasteiger partial charge in [-0.3, -0.25) is 0 Å². The fraction of sp³-hybridized carbons (Fsp3) is 0.500. The van der Waals surface area contributed by atoms with Gasteiger partial charge in [-0.15, -0.1) is 0 Å². The summed E-state index contributed by atoms with van der Waals surface area (Å²) >= 11 is 15.0. The number of hydrogen-bond acceptors (Lipinski definition) is 2. The number of alkyl halides is 3. The monoisotopic (exact) mass is 278 g/mol. The van der Waals surface area contributed by atoms with Crippen molar-refractivity contribution in [1.29, 1.82) is 0 Å². The second-order valence-corrected chi connectivity index (χ2v) is 4.44. The van der Waals surface area contributed by atoms with Gasteiger partial charge in [0.2, 0.25) is 0 Å². The molecule has 0 saturated carbocycles. The molecule has 0 aromatic heterocycles. The van der Waals surface area contributed by atoms with Gasteiger partial charge >= 0.3 is 77.0 Å². The van der Waals surface area contributed by atoms with Crippen molar-refractivity contribution in [3.05, 3.63) is 0 Å². The van der Waals surface area contributed by atoms with Crippen LogP contribution in [0.1, 0.15) is 0 Å². The van der Waals surface area contributed by atoms with Crippen LogP contribution in [-0.2, 0) is 7.65 Å². The zero-order valence-electron chi connectivity index (χ0n) is 3.95. The Bertz CT molecular complexity index is 97.9. The van der Waals surface area contributed by atoms with Gasteiger partial charge in [0, 0.05) is 0 Å². The molecule has 0 atom stereocenters. The third-order valence-electron chi connectivity index (χ3n) is 0.417. The van der Waals surface area contributed by atoms with Crippen LogP contribution in [0.3, 0.4) is 0 Å². The van der Waals surface area contributed by atoms with Crippen molar-refractivity contribution in [3.63, 3.8) is 0 Å². The molecule has 0 aliphatic carbocycles. The van der Waals surface area contributed by atoms with Crippen LogP contribution < -0.4 is 0 Å². The van der Waals surface area contributed by atoms with E-state index in [-0.39, 0.29) is 24.8 Å². The van der Waals surface area contributed by atoms with E-state index in [2.05, 4.69) is 2.85 Å². The molecule has 0 rings (SSSR count). The maximum atomic E-state index is 10.3. The van der Waals surface area contributed by atoms with E-state index >= 15 is 0 Å². The maximum absolute atomic E-state index is 10.3. The van der Waals surface area contributed by atoms with Gasteiger partial charge in [0.25, 0.3) is 0 Å². The predicted molar refractivity (Wildman–Crippen MR) is 34.9 cm³/mol. The summed E-state index contributed by atoms with van der Waals surface area (Å²) in [5, 5.41) is 0. The summed E-state index contributed by atoms with van der Waals surface area (Å²) in [4.78, 5) is 10.3. The normalized spacial score (nSPS) is 10.9. The van der Waals surface area contributed by atoms with Crippen molar-refractivity contribution >= 4 is 65.6 Å². The topological polar surface area (TPSA) is 26.3 Å². The Hall–Kier alpha value is 1.21. The standard InChI is InChI=1S/C2HCl3O2.In.2H/c3-2(4,5)1(6)7;;;/h(H,6,7);;;/q;+1;;/p-1. The van der Waals surface area contributed by atoms with Gasteiger partial charge in [-0.2, -0.15) is 0 Å². The fourth-order valence-electron chi connectivity index (χ4n) is 0.116. The van der Waals surface area contributed by atoms with Crippen LogP contribution in [0.2, 0.25) is 0 Å². The molecule has 0 fully saturated rings. The molecule has 0 saturated heterocycles. The summed E-state index contributed by atoms with van der Waals surface area (Å²) in [6.45, 7) is 0. The molecule has 0 unspecified atom stereocenters. The first-order chi connectivity index (χ1) is 3.48. The first-order valence-corrected chi connectivity index (χ1v) is 5.10. The van der Waals surface area contributed by atoms with E-state index in [1.807, 2.05) is 0 Å². The number of hydrogen-bond donors (Lipinski definition) is 0. The Kier molecular flexibility index (Phi) is 3.91. The molecule has 0 amide bonds. The van der Waals surface area contributed by atoms with E-state index in [1.165, 1.54) is 0 Å². The zero-order valence-corrected chi connectivity index (χ0v) is 11.9. The van der Waals surface area contributed by atoms with Crippen molar-refractivity contribution in [1.82, 2.24) is 0 Å². The third-order valence-corrected chi connectivity index (χ3v) is 1.94. The van der Waals surface area contributed by atoms with E-state index in [9.17, 15) is 4.79 Å². The van der Waals surface area contributed by atoms with Crippen molar-refractivity contribution in [3.8, 4) is 0 Å². The SMILES string of the molecule is O=C([O][InH2])C(Cl)(Cl)Cl. The van der Waals surface area contributed by atoms with E-state index < -0.39 is 9.76 Å². The number of carbonyl (C=O) groups excluding carboxylic acids is 1. The van der Waals surface area contributed by atoms with Crippen LogP contribution in [-0.4, -0.2) is 34.6 Å². The number of halogens is 3. The second-order valence-electron chi connectivity index (χ2n) is 0.989. The molecule has 0 aliphatic rings. The Balaban J connectivity index is 3.82. The molecule has 0 N–H and O–H groups in total. The van der Waals surface area contributed by atoms with Gasteiger partial charge in [0.05, 0.1) is 0 Å². The van der Waals surface area contributed by atoms with E-state index in [0.29, 0.717) is 0 Å². The Morgan fingerprint density at radius 1 is 1.50 bits per heavy atom. The molecule has 0 aromatic rings. The second kappa shape index (κ2) is 3.40. The van der Waals surface area contributed by atoms with Crippen LogP contribution in [0.5, 0.6) is 0 Å². The van der Waals surface area contributed by atoms with Gasteiger partial charge in [0.1, 0.15) is 0 Å². The summed E-state index contributed by atoms with van der Waals surface area (Å²) in [5.74, 6) is -0.779. The van der Waals surface area contributed by atoms with Crippen molar-refractivity contribution in [2.75, 3.05) is 0 Å². The molecular weight excluding hydrogens is 277 g/mol. The molecule has 8 heavy (non-hydrogen) atoms. The zero-order chi connectivity index (χ0) is 6.78. The number of rotatable bonds is 0. The summed E-state index contributed by atoms with van der Waals surface area (Å²) in [6.07, 6.45) is 0. The molecule has 0 radical (unpaired) electrons. The Labute approximate surface area is 76.6 Å². The molecule has 0 bridgehead atoms. The Morgan fingerprint density at radius 2 is 1.88 bits per heavy atom. The van der Waals surface area contributed by atoms with Crippen molar-refractivity contribution in [2.45, 2.75) is 3.79 Å². The molecule has 0 heterocycles. The first kappa shape index (κ1) is 9.21. The van der Waals surface area contributed by atoms with Gasteiger partial charge in [-0.25, -0.2) is 0 Å². The van der Waals surface area contributed by atoms with E-state index in [0.717, 1.165) is 0 Å². The minimum atomic E-state index is -1.88. The average Bonchev–Trinajstić information content (AvgIpc) is 1.62. The first-order valence-electron chi connectivity index (χ1n) is 1.63. The fourth-order valence-corrected chi connectivity index (χ4v) is 2.33. The molecule has 2 nitrogen and oxygen atoms in total. The van der Waals surface area contributed by atoms with Gasteiger partial charge in [0.15, 0.2) is 0 Å². The molecule has 46 valence electrons.